The van der Waals surface area contributed by atoms with Crippen molar-refractivity contribution in [3.05, 3.63) is 29.3 Å². The summed E-state index contributed by atoms with van der Waals surface area (Å²) in [6.45, 7) is 0.752. The number of carboxylic acid groups (broad SMARTS) is 1. The Labute approximate surface area is 103 Å². The SMILES string of the molecule is O=C(O)[C@H]1CSC(c2ccc3c(c2)CCO3)N1. The number of rotatable bonds is 2. The van der Waals surface area contributed by atoms with Crippen LogP contribution in [0, 0.1) is 0 Å². The number of thioether (sulfide) groups is 1. The second kappa shape index (κ2) is 4.23. The summed E-state index contributed by atoms with van der Waals surface area (Å²) in [4.78, 5) is 10.9. The molecule has 1 unspecified atom stereocenters. The zero-order chi connectivity index (χ0) is 11.8. The quantitative estimate of drug-likeness (QED) is 0.832. The molecule has 3 rings (SSSR count). The summed E-state index contributed by atoms with van der Waals surface area (Å²) in [5.74, 6) is 0.809. The fourth-order valence-corrected chi connectivity index (χ4v) is 3.40. The largest absolute Gasteiger partial charge is 0.493 e. The van der Waals surface area contributed by atoms with Gasteiger partial charge < -0.3 is 9.84 Å². The van der Waals surface area contributed by atoms with E-state index in [0.717, 1.165) is 24.3 Å². The number of aliphatic carboxylic acids is 1. The molecule has 1 aromatic rings. The monoisotopic (exact) mass is 251 g/mol. The number of hydrogen-bond donors (Lipinski definition) is 2. The topological polar surface area (TPSA) is 58.6 Å². The van der Waals surface area contributed by atoms with E-state index in [1.165, 1.54) is 5.56 Å². The lowest BCUT2D eigenvalue weighted by molar-refractivity contribution is -0.138. The zero-order valence-electron chi connectivity index (χ0n) is 9.18. The van der Waals surface area contributed by atoms with Gasteiger partial charge in [-0.3, -0.25) is 10.1 Å². The molecule has 5 heteroatoms. The fraction of sp³-hybridized carbons (Fsp3) is 0.417. The molecule has 0 aromatic heterocycles. The minimum absolute atomic E-state index is 0.0852. The van der Waals surface area contributed by atoms with Gasteiger partial charge in [0.15, 0.2) is 0 Å². The Bertz CT molecular complexity index is 463. The molecular formula is C12H13NO3S. The molecule has 0 spiro atoms. The van der Waals surface area contributed by atoms with Crippen LogP contribution in [0.25, 0.3) is 0 Å². The maximum atomic E-state index is 10.9. The van der Waals surface area contributed by atoms with Gasteiger partial charge in [0.05, 0.1) is 12.0 Å². The van der Waals surface area contributed by atoms with Crippen LogP contribution in [0.15, 0.2) is 18.2 Å². The molecule has 2 aliphatic rings. The third-order valence-electron chi connectivity index (χ3n) is 3.10. The number of hydrogen-bond acceptors (Lipinski definition) is 4. The van der Waals surface area contributed by atoms with E-state index in [9.17, 15) is 4.79 Å². The van der Waals surface area contributed by atoms with Gasteiger partial charge in [-0.15, -0.1) is 11.8 Å². The van der Waals surface area contributed by atoms with Crippen molar-refractivity contribution in [1.82, 2.24) is 5.32 Å². The first kappa shape index (κ1) is 10.9. The lowest BCUT2D eigenvalue weighted by Gasteiger charge is -2.12. The first-order chi connectivity index (χ1) is 8.24. The molecular weight excluding hydrogens is 238 g/mol. The van der Waals surface area contributed by atoms with Gasteiger partial charge in [-0.2, -0.15) is 0 Å². The van der Waals surface area contributed by atoms with Gasteiger partial charge >= 0.3 is 5.97 Å². The molecule has 0 radical (unpaired) electrons. The highest BCUT2D eigenvalue weighted by Crippen LogP contribution is 2.36. The van der Waals surface area contributed by atoms with Crippen LogP contribution < -0.4 is 10.1 Å². The Morgan fingerprint density at radius 1 is 1.53 bits per heavy atom. The third-order valence-corrected chi connectivity index (χ3v) is 4.36. The molecule has 0 aliphatic carbocycles. The number of carboxylic acids is 1. The van der Waals surface area contributed by atoms with E-state index in [1.807, 2.05) is 12.1 Å². The number of carbonyl (C=O) groups is 1. The zero-order valence-corrected chi connectivity index (χ0v) is 10.00. The molecule has 90 valence electrons. The van der Waals surface area contributed by atoms with Crippen molar-refractivity contribution in [2.75, 3.05) is 12.4 Å². The second-order valence-corrected chi connectivity index (χ2v) is 5.37. The molecule has 1 fully saturated rings. The molecule has 2 aliphatic heterocycles. The highest BCUT2D eigenvalue weighted by atomic mass is 32.2. The Morgan fingerprint density at radius 3 is 3.18 bits per heavy atom. The van der Waals surface area contributed by atoms with Crippen LogP contribution in [0.4, 0.5) is 0 Å². The van der Waals surface area contributed by atoms with E-state index in [2.05, 4.69) is 11.4 Å². The number of fused-ring (bicyclic) bond motifs is 1. The highest BCUT2D eigenvalue weighted by Gasteiger charge is 2.30. The Kier molecular flexibility index (Phi) is 2.72. The number of ether oxygens (including phenoxy) is 1. The van der Waals surface area contributed by atoms with E-state index in [0.29, 0.717) is 5.75 Å². The van der Waals surface area contributed by atoms with Crippen LogP contribution in [-0.4, -0.2) is 29.5 Å². The molecule has 2 heterocycles. The maximum Gasteiger partial charge on any atom is 0.321 e. The Hall–Kier alpha value is -1.20. The van der Waals surface area contributed by atoms with Crippen molar-refractivity contribution >= 4 is 17.7 Å². The van der Waals surface area contributed by atoms with Gasteiger partial charge in [0.1, 0.15) is 11.8 Å². The van der Waals surface area contributed by atoms with E-state index in [4.69, 9.17) is 9.84 Å². The summed E-state index contributed by atoms with van der Waals surface area (Å²) < 4.78 is 5.45. The van der Waals surface area contributed by atoms with Crippen molar-refractivity contribution < 1.29 is 14.6 Å². The van der Waals surface area contributed by atoms with Crippen molar-refractivity contribution in [3.8, 4) is 5.75 Å². The van der Waals surface area contributed by atoms with Crippen LogP contribution in [0.5, 0.6) is 5.75 Å². The van der Waals surface area contributed by atoms with Crippen LogP contribution in [0.3, 0.4) is 0 Å². The average molecular weight is 251 g/mol. The molecule has 0 bridgehead atoms. The first-order valence-electron chi connectivity index (χ1n) is 5.60. The van der Waals surface area contributed by atoms with Gasteiger partial charge in [0.2, 0.25) is 0 Å². The molecule has 0 saturated carbocycles. The predicted molar refractivity (Wildman–Crippen MR) is 65.4 cm³/mol. The molecule has 1 saturated heterocycles. The van der Waals surface area contributed by atoms with Crippen molar-refractivity contribution in [2.45, 2.75) is 17.8 Å². The van der Waals surface area contributed by atoms with E-state index in [-0.39, 0.29) is 5.37 Å². The minimum Gasteiger partial charge on any atom is -0.493 e. The van der Waals surface area contributed by atoms with Crippen molar-refractivity contribution in [3.63, 3.8) is 0 Å². The van der Waals surface area contributed by atoms with Gasteiger partial charge in [0, 0.05) is 12.2 Å². The standard InChI is InChI=1S/C12H13NO3S/c14-12(15)9-6-17-11(13-9)8-1-2-10-7(5-8)3-4-16-10/h1-2,5,9,11,13H,3-4,6H2,(H,14,15)/t9-,11?/m1/s1. The van der Waals surface area contributed by atoms with E-state index < -0.39 is 12.0 Å². The molecule has 17 heavy (non-hydrogen) atoms. The van der Waals surface area contributed by atoms with Crippen molar-refractivity contribution in [2.24, 2.45) is 0 Å². The molecule has 2 N–H and O–H groups in total. The maximum absolute atomic E-state index is 10.9. The number of nitrogens with one attached hydrogen (secondary N) is 1. The normalized spacial score (nSPS) is 26.6. The average Bonchev–Trinajstić information content (AvgIpc) is 2.97. The van der Waals surface area contributed by atoms with Crippen molar-refractivity contribution in [1.29, 1.82) is 0 Å². The van der Waals surface area contributed by atoms with E-state index >= 15 is 0 Å². The highest BCUT2D eigenvalue weighted by molar-refractivity contribution is 7.99. The summed E-state index contributed by atoms with van der Waals surface area (Å²) in [7, 11) is 0. The van der Waals surface area contributed by atoms with Crippen LogP contribution in [-0.2, 0) is 11.2 Å². The number of benzene rings is 1. The van der Waals surface area contributed by atoms with Gasteiger partial charge in [0.25, 0.3) is 0 Å². The summed E-state index contributed by atoms with van der Waals surface area (Å²) in [5, 5.41) is 12.1. The molecule has 4 nitrogen and oxygen atoms in total. The summed E-state index contributed by atoms with van der Waals surface area (Å²) in [6, 6.07) is 5.68. The minimum atomic E-state index is -0.774. The molecule has 1 aromatic carbocycles. The lowest BCUT2D eigenvalue weighted by Crippen LogP contribution is -2.33. The van der Waals surface area contributed by atoms with Gasteiger partial charge in [-0.25, -0.2) is 0 Å². The predicted octanol–water partition coefficient (Wildman–Crippen LogP) is 1.41. The van der Waals surface area contributed by atoms with Gasteiger partial charge in [-0.1, -0.05) is 6.07 Å². The Balaban J connectivity index is 1.79. The van der Waals surface area contributed by atoms with Crippen LogP contribution in [0.2, 0.25) is 0 Å². The van der Waals surface area contributed by atoms with Crippen LogP contribution in [0.1, 0.15) is 16.5 Å². The van der Waals surface area contributed by atoms with Crippen LogP contribution >= 0.6 is 11.8 Å². The smallest absolute Gasteiger partial charge is 0.321 e. The van der Waals surface area contributed by atoms with E-state index in [1.54, 1.807) is 11.8 Å². The van der Waals surface area contributed by atoms with Gasteiger partial charge in [-0.05, 0) is 23.3 Å². The second-order valence-electron chi connectivity index (χ2n) is 4.24. The third kappa shape index (κ3) is 2.00. The summed E-state index contributed by atoms with van der Waals surface area (Å²) in [6.07, 6.45) is 0.947. The fourth-order valence-electron chi connectivity index (χ4n) is 2.18. The lowest BCUT2D eigenvalue weighted by atomic mass is 10.1. The molecule has 0 amide bonds. The Morgan fingerprint density at radius 2 is 2.41 bits per heavy atom. The summed E-state index contributed by atoms with van der Waals surface area (Å²) in [5.41, 5.74) is 2.37. The molecule has 2 atom stereocenters. The summed E-state index contributed by atoms with van der Waals surface area (Å²) >= 11 is 1.64. The first-order valence-corrected chi connectivity index (χ1v) is 6.65.